The highest BCUT2D eigenvalue weighted by Gasteiger charge is 2.29. The van der Waals surface area contributed by atoms with Crippen LogP contribution in [-0.4, -0.2) is 11.8 Å². The number of nitrogens with two attached hydrogens (primary N) is 1. The quantitative estimate of drug-likeness (QED) is 0.738. The summed E-state index contributed by atoms with van der Waals surface area (Å²) in [5, 5.41) is 5.69. The molecule has 0 bridgehead atoms. The van der Waals surface area contributed by atoms with Gasteiger partial charge in [0.25, 0.3) is 0 Å². The van der Waals surface area contributed by atoms with Crippen LogP contribution in [0.15, 0.2) is 54.6 Å². The van der Waals surface area contributed by atoms with E-state index < -0.39 is 0 Å². The van der Waals surface area contributed by atoms with Gasteiger partial charge in [-0.05, 0) is 42.7 Å². The van der Waals surface area contributed by atoms with Crippen LogP contribution in [0.4, 0.5) is 11.4 Å². The molecule has 25 heavy (non-hydrogen) atoms. The Kier molecular flexibility index (Phi) is 6.56. The summed E-state index contributed by atoms with van der Waals surface area (Å²) in [7, 11) is 0. The third-order valence-electron chi connectivity index (χ3n) is 4.02. The van der Waals surface area contributed by atoms with Crippen molar-refractivity contribution in [2.24, 2.45) is 11.7 Å². The summed E-state index contributed by atoms with van der Waals surface area (Å²) in [6.07, 6.45) is 2.16. The number of nitrogens with one attached hydrogen (secondary N) is 2. The highest BCUT2D eigenvalue weighted by molar-refractivity contribution is 5.95. The largest absolute Gasteiger partial charge is 0.326 e. The van der Waals surface area contributed by atoms with Crippen LogP contribution in [0.2, 0.25) is 0 Å². The number of halogens is 1. The first kappa shape index (κ1) is 19.0. The lowest BCUT2D eigenvalue weighted by molar-refractivity contribution is -0.117. The molecule has 132 valence electrons. The summed E-state index contributed by atoms with van der Waals surface area (Å²) in [6, 6.07) is 16.3. The van der Waals surface area contributed by atoms with Crippen LogP contribution in [-0.2, 0) is 9.59 Å². The number of hydrogen-bond donors (Lipinski definition) is 3. The Hall–Kier alpha value is -2.37. The summed E-state index contributed by atoms with van der Waals surface area (Å²) in [5.41, 5.74) is 8.42. The number of carbonyl (C=O) groups excluding carboxylic acids is 2. The average molecular weight is 360 g/mol. The molecular formula is C19H22ClN3O2. The first-order valence-electron chi connectivity index (χ1n) is 8.13. The van der Waals surface area contributed by atoms with Gasteiger partial charge in [0.1, 0.15) is 0 Å². The molecule has 2 aromatic carbocycles. The minimum absolute atomic E-state index is 0. The second kappa shape index (κ2) is 8.65. The molecule has 5 nitrogen and oxygen atoms in total. The maximum atomic E-state index is 12.1. The van der Waals surface area contributed by atoms with Gasteiger partial charge in [-0.1, -0.05) is 30.3 Å². The van der Waals surface area contributed by atoms with E-state index in [-0.39, 0.29) is 42.6 Å². The molecule has 4 N–H and O–H groups in total. The van der Waals surface area contributed by atoms with Gasteiger partial charge in [0.05, 0.1) is 0 Å². The van der Waals surface area contributed by atoms with Crippen LogP contribution in [0, 0.1) is 5.92 Å². The third kappa shape index (κ3) is 5.59. The molecule has 0 spiro atoms. The van der Waals surface area contributed by atoms with Crippen molar-refractivity contribution < 1.29 is 9.59 Å². The first-order chi connectivity index (χ1) is 11.6. The van der Waals surface area contributed by atoms with Gasteiger partial charge in [-0.2, -0.15) is 0 Å². The second-order valence-electron chi connectivity index (χ2n) is 6.11. The van der Waals surface area contributed by atoms with E-state index in [0.29, 0.717) is 5.69 Å². The van der Waals surface area contributed by atoms with Gasteiger partial charge < -0.3 is 16.4 Å². The van der Waals surface area contributed by atoms with Crippen LogP contribution in [0.5, 0.6) is 0 Å². The van der Waals surface area contributed by atoms with E-state index in [1.165, 1.54) is 0 Å². The van der Waals surface area contributed by atoms with Gasteiger partial charge in [0.15, 0.2) is 0 Å². The van der Waals surface area contributed by atoms with Crippen molar-refractivity contribution in [2.45, 2.75) is 25.3 Å². The van der Waals surface area contributed by atoms with Crippen LogP contribution in [0.1, 0.15) is 30.9 Å². The Morgan fingerprint density at radius 1 is 0.960 bits per heavy atom. The van der Waals surface area contributed by atoms with E-state index in [0.717, 1.165) is 24.1 Å². The fraction of sp³-hybridized carbons (Fsp3) is 0.263. The standard InChI is InChI=1S/C19H21N3O2.ClH/c20-17(13-4-2-1-3-5-13)12-18(23)21-15-8-10-16(11-9-15)22-19(24)14-6-7-14;/h1-5,8-11,14,17H,6-7,12,20H2,(H,21,23)(H,22,24);1H. The molecule has 1 saturated carbocycles. The number of benzene rings is 2. The first-order valence-corrected chi connectivity index (χ1v) is 8.13. The Labute approximate surface area is 153 Å². The molecule has 1 aliphatic rings. The molecular weight excluding hydrogens is 338 g/mol. The Balaban J connectivity index is 0.00000225. The zero-order valence-corrected chi connectivity index (χ0v) is 14.6. The van der Waals surface area contributed by atoms with E-state index in [1.807, 2.05) is 30.3 Å². The van der Waals surface area contributed by atoms with Crippen molar-refractivity contribution in [1.82, 2.24) is 0 Å². The van der Waals surface area contributed by atoms with Crippen molar-refractivity contribution in [2.75, 3.05) is 10.6 Å². The van der Waals surface area contributed by atoms with Crippen LogP contribution in [0.3, 0.4) is 0 Å². The molecule has 0 saturated heterocycles. The number of amides is 2. The number of carbonyl (C=O) groups is 2. The monoisotopic (exact) mass is 359 g/mol. The molecule has 2 aromatic rings. The van der Waals surface area contributed by atoms with E-state index >= 15 is 0 Å². The predicted molar refractivity (Wildman–Crippen MR) is 102 cm³/mol. The zero-order chi connectivity index (χ0) is 16.9. The van der Waals surface area contributed by atoms with E-state index in [9.17, 15) is 9.59 Å². The highest BCUT2D eigenvalue weighted by Crippen LogP contribution is 2.30. The lowest BCUT2D eigenvalue weighted by Gasteiger charge is -2.12. The van der Waals surface area contributed by atoms with E-state index in [2.05, 4.69) is 10.6 Å². The molecule has 6 heteroatoms. The molecule has 0 radical (unpaired) electrons. The van der Waals surface area contributed by atoms with Gasteiger partial charge in [-0.25, -0.2) is 0 Å². The van der Waals surface area contributed by atoms with Crippen LogP contribution >= 0.6 is 12.4 Å². The van der Waals surface area contributed by atoms with E-state index in [1.54, 1.807) is 24.3 Å². The summed E-state index contributed by atoms with van der Waals surface area (Å²) in [5.74, 6) is 0.102. The average Bonchev–Trinajstić information content (AvgIpc) is 3.42. The van der Waals surface area contributed by atoms with Crippen molar-refractivity contribution in [1.29, 1.82) is 0 Å². The molecule has 0 heterocycles. The molecule has 2 amide bonds. The number of anilines is 2. The highest BCUT2D eigenvalue weighted by atomic mass is 35.5. The fourth-order valence-electron chi connectivity index (χ4n) is 2.46. The van der Waals surface area contributed by atoms with Gasteiger partial charge in [0.2, 0.25) is 11.8 Å². The molecule has 3 rings (SSSR count). The minimum Gasteiger partial charge on any atom is -0.326 e. The maximum Gasteiger partial charge on any atom is 0.227 e. The Bertz CT molecular complexity index is 715. The van der Waals surface area contributed by atoms with Crippen molar-refractivity contribution >= 4 is 35.6 Å². The topological polar surface area (TPSA) is 84.2 Å². The Morgan fingerprint density at radius 3 is 2.08 bits per heavy atom. The lowest BCUT2D eigenvalue weighted by Crippen LogP contribution is -2.20. The molecule has 1 unspecified atom stereocenters. The molecule has 1 aliphatic carbocycles. The number of hydrogen-bond acceptors (Lipinski definition) is 3. The summed E-state index contributed by atoms with van der Waals surface area (Å²) in [4.78, 5) is 23.8. The molecule has 1 fully saturated rings. The lowest BCUT2D eigenvalue weighted by atomic mass is 10.0. The summed E-state index contributed by atoms with van der Waals surface area (Å²) < 4.78 is 0. The fourth-order valence-corrected chi connectivity index (χ4v) is 2.46. The van der Waals surface area contributed by atoms with Gasteiger partial charge >= 0.3 is 0 Å². The second-order valence-corrected chi connectivity index (χ2v) is 6.11. The summed E-state index contributed by atoms with van der Waals surface area (Å²) >= 11 is 0. The van der Waals surface area contributed by atoms with Crippen LogP contribution in [0.25, 0.3) is 0 Å². The van der Waals surface area contributed by atoms with Crippen LogP contribution < -0.4 is 16.4 Å². The maximum absolute atomic E-state index is 12.1. The SMILES string of the molecule is Cl.NC(CC(=O)Nc1ccc(NC(=O)C2CC2)cc1)c1ccccc1. The smallest absolute Gasteiger partial charge is 0.227 e. The van der Waals surface area contributed by atoms with Gasteiger partial charge in [0, 0.05) is 29.8 Å². The normalized spacial score (nSPS) is 14.1. The summed E-state index contributed by atoms with van der Waals surface area (Å²) in [6.45, 7) is 0. The molecule has 0 aliphatic heterocycles. The van der Waals surface area contributed by atoms with Crippen molar-refractivity contribution in [3.63, 3.8) is 0 Å². The van der Waals surface area contributed by atoms with E-state index in [4.69, 9.17) is 5.73 Å². The number of rotatable bonds is 6. The van der Waals surface area contributed by atoms with Crippen molar-refractivity contribution in [3.05, 3.63) is 60.2 Å². The van der Waals surface area contributed by atoms with Gasteiger partial charge in [-0.3, -0.25) is 9.59 Å². The third-order valence-corrected chi connectivity index (χ3v) is 4.02. The minimum atomic E-state index is -0.330. The predicted octanol–water partition coefficient (Wildman–Crippen LogP) is 3.49. The molecule has 0 aromatic heterocycles. The van der Waals surface area contributed by atoms with Crippen molar-refractivity contribution in [3.8, 4) is 0 Å². The van der Waals surface area contributed by atoms with Gasteiger partial charge in [-0.15, -0.1) is 12.4 Å². The Morgan fingerprint density at radius 2 is 1.52 bits per heavy atom. The molecule has 1 atom stereocenters. The zero-order valence-electron chi connectivity index (χ0n) is 13.8.